The molecule has 2 aliphatic heterocycles. The van der Waals surface area contributed by atoms with Crippen LogP contribution in [0.2, 0.25) is 0 Å². The van der Waals surface area contributed by atoms with Crippen molar-refractivity contribution in [2.75, 3.05) is 12.4 Å². The van der Waals surface area contributed by atoms with Crippen LogP contribution in [0.4, 0.5) is 0 Å². The van der Waals surface area contributed by atoms with Crippen LogP contribution in [0.15, 0.2) is 59.8 Å². The van der Waals surface area contributed by atoms with E-state index in [0.29, 0.717) is 12.8 Å². The number of phenols is 1. The van der Waals surface area contributed by atoms with Gasteiger partial charge in [-0.3, -0.25) is 4.98 Å². The molecule has 6 heteroatoms. The predicted molar refractivity (Wildman–Crippen MR) is 109 cm³/mol. The SMILES string of the molecule is CC1=C2[C@@H](CC/C(=C/c3ccc(O)cc3)c3ccccn3)OC[C@@H]2S(=O)(=O)C1. The summed E-state index contributed by atoms with van der Waals surface area (Å²) < 4.78 is 30.4. The Bertz CT molecular complexity index is 1020. The minimum Gasteiger partial charge on any atom is -0.508 e. The Labute approximate surface area is 165 Å². The lowest BCUT2D eigenvalue weighted by molar-refractivity contribution is 0.118. The fourth-order valence-corrected chi connectivity index (χ4v) is 6.04. The van der Waals surface area contributed by atoms with Crippen molar-refractivity contribution < 1.29 is 18.3 Å². The second-order valence-corrected chi connectivity index (χ2v) is 9.55. The van der Waals surface area contributed by atoms with Gasteiger partial charge < -0.3 is 9.84 Å². The van der Waals surface area contributed by atoms with Crippen molar-refractivity contribution in [3.05, 3.63) is 71.1 Å². The molecule has 5 nitrogen and oxygen atoms in total. The van der Waals surface area contributed by atoms with E-state index in [-0.39, 0.29) is 24.2 Å². The third kappa shape index (κ3) is 3.75. The van der Waals surface area contributed by atoms with Crippen LogP contribution in [0.25, 0.3) is 11.6 Å². The van der Waals surface area contributed by atoms with E-state index in [0.717, 1.165) is 28.0 Å². The number of allylic oxidation sites excluding steroid dienone is 1. The monoisotopic (exact) mass is 397 g/mol. The van der Waals surface area contributed by atoms with Crippen LogP contribution in [0.1, 0.15) is 31.0 Å². The van der Waals surface area contributed by atoms with Crippen LogP contribution in [0, 0.1) is 0 Å². The Hall–Kier alpha value is -2.44. The molecule has 1 aromatic heterocycles. The zero-order valence-corrected chi connectivity index (χ0v) is 16.5. The summed E-state index contributed by atoms with van der Waals surface area (Å²) in [4.78, 5) is 4.48. The standard InChI is InChI=1S/C22H23NO4S/c1-15-14-28(25,26)21-13-27-20(22(15)21)10-7-17(19-4-2-3-11-23-19)12-16-5-8-18(24)9-6-16/h2-6,8-9,11-12,20-21,24H,7,10,13-14H2,1H3/b17-12-/t20-,21+/m1/s1. The first-order chi connectivity index (χ1) is 13.4. The largest absolute Gasteiger partial charge is 0.508 e. The number of benzene rings is 1. The molecule has 0 radical (unpaired) electrons. The zero-order chi connectivity index (χ0) is 19.7. The fourth-order valence-electron chi connectivity index (χ4n) is 4.05. The number of aromatic hydroxyl groups is 1. The molecule has 3 heterocycles. The van der Waals surface area contributed by atoms with Crippen molar-refractivity contribution in [1.29, 1.82) is 0 Å². The average molecular weight is 397 g/mol. The van der Waals surface area contributed by atoms with E-state index in [9.17, 15) is 13.5 Å². The fraction of sp³-hybridized carbons (Fsp3) is 0.318. The molecular weight excluding hydrogens is 374 g/mol. The Balaban J connectivity index is 1.57. The highest BCUT2D eigenvalue weighted by Crippen LogP contribution is 2.38. The number of hydrogen-bond donors (Lipinski definition) is 1. The first-order valence-corrected chi connectivity index (χ1v) is 11.1. The lowest BCUT2D eigenvalue weighted by atomic mass is 9.95. The quantitative estimate of drug-likeness (QED) is 0.780. The topological polar surface area (TPSA) is 76.5 Å². The molecule has 2 aromatic rings. The van der Waals surface area contributed by atoms with E-state index in [1.165, 1.54) is 0 Å². The highest BCUT2D eigenvalue weighted by atomic mass is 32.2. The third-order valence-corrected chi connectivity index (χ3v) is 7.48. The van der Waals surface area contributed by atoms with Crippen molar-refractivity contribution in [3.63, 3.8) is 0 Å². The number of aromatic nitrogens is 1. The Morgan fingerprint density at radius 3 is 2.75 bits per heavy atom. The molecule has 4 rings (SSSR count). The molecule has 1 saturated heterocycles. The van der Waals surface area contributed by atoms with Gasteiger partial charge in [-0.05, 0) is 66.8 Å². The first-order valence-electron chi connectivity index (χ1n) is 9.38. The Morgan fingerprint density at radius 1 is 1.25 bits per heavy atom. The van der Waals surface area contributed by atoms with Crippen molar-refractivity contribution in [3.8, 4) is 5.75 Å². The van der Waals surface area contributed by atoms with Gasteiger partial charge in [-0.1, -0.05) is 23.8 Å². The van der Waals surface area contributed by atoms with E-state index < -0.39 is 15.1 Å². The second kappa shape index (κ2) is 7.53. The molecule has 1 fully saturated rings. The molecule has 0 aliphatic carbocycles. The maximum absolute atomic E-state index is 12.3. The van der Waals surface area contributed by atoms with Gasteiger partial charge in [-0.15, -0.1) is 0 Å². The lowest BCUT2D eigenvalue weighted by Crippen LogP contribution is -2.19. The highest BCUT2D eigenvalue weighted by Gasteiger charge is 2.45. The van der Waals surface area contributed by atoms with Crippen LogP contribution in [0.3, 0.4) is 0 Å². The van der Waals surface area contributed by atoms with Gasteiger partial charge in [0.25, 0.3) is 0 Å². The number of nitrogens with zero attached hydrogens (tertiary/aromatic N) is 1. The summed E-state index contributed by atoms with van der Waals surface area (Å²) in [6.45, 7) is 2.17. The summed E-state index contributed by atoms with van der Waals surface area (Å²) in [6.07, 6.45) is 5.08. The number of ether oxygens (including phenoxy) is 1. The van der Waals surface area contributed by atoms with E-state index >= 15 is 0 Å². The predicted octanol–water partition coefficient (Wildman–Crippen LogP) is 3.62. The Kier molecular flexibility index (Phi) is 5.08. The van der Waals surface area contributed by atoms with Crippen molar-refractivity contribution in [2.45, 2.75) is 31.1 Å². The molecule has 2 atom stereocenters. The van der Waals surface area contributed by atoms with E-state index in [1.807, 2.05) is 37.3 Å². The van der Waals surface area contributed by atoms with E-state index in [4.69, 9.17) is 4.74 Å². The Morgan fingerprint density at radius 2 is 2.04 bits per heavy atom. The van der Waals surface area contributed by atoms with Crippen LogP contribution >= 0.6 is 0 Å². The number of rotatable bonds is 5. The average Bonchev–Trinajstić information content (AvgIpc) is 3.21. The van der Waals surface area contributed by atoms with Gasteiger partial charge in [-0.2, -0.15) is 0 Å². The van der Waals surface area contributed by atoms with Crippen LogP contribution < -0.4 is 0 Å². The van der Waals surface area contributed by atoms with Gasteiger partial charge in [-0.25, -0.2) is 8.42 Å². The van der Waals surface area contributed by atoms with E-state index in [1.54, 1.807) is 18.3 Å². The molecule has 1 aromatic carbocycles. The van der Waals surface area contributed by atoms with Gasteiger partial charge in [0.1, 0.15) is 11.0 Å². The van der Waals surface area contributed by atoms with Gasteiger partial charge >= 0.3 is 0 Å². The van der Waals surface area contributed by atoms with Crippen molar-refractivity contribution in [1.82, 2.24) is 4.98 Å². The van der Waals surface area contributed by atoms with Crippen LogP contribution in [-0.4, -0.2) is 42.2 Å². The molecule has 2 aliphatic rings. The zero-order valence-electron chi connectivity index (χ0n) is 15.7. The smallest absolute Gasteiger partial charge is 0.163 e. The maximum atomic E-state index is 12.3. The van der Waals surface area contributed by atoms with Gasteiger partial charge in [0, 0.05) is 6.20 Å². The van der Waals surface area contributed by atoms with Crippen LogP contribution in [0.5, 0.6) is 5.75 Å². The number of hydrogen-bond acceptors (Lipinski definition) is 5. The molecule has 0 amide bonds. The molecule has 28 heavy (non-hydrogen) atoms. The summed E-state index contributed by atoms with van der Waals surface area (Å²) >= 11 is 0. The van der Waals surface area contributed by atoms with E-state index in [2.05, 4.69) is 11.1 Å². The number of pyridine rings is 1. The number of phenolic OH excluding ortho intramolecular Hbond substituents is 1. The van der Waals surface area contributed by atoms with Gasteiger partial charge in [0.05, 0.1) is 24.2 Å². The minimum atomic E-state index is -3.10. The molecular formula is C22H23NO4S. The minimum absolute atomic E-state index is 0.156. The third-order valence-electron chi connectivity index (χ3n) is 5.39. The molecule has 146 valence electrons. The molecule has 1 N–H and O–H groups in total. The molecule has 0 spiro atoms. The second-order valence-electron chi connectivity index (χ2n) is 7.37. The van der Waals surface area contributed by atoms with Crippen molar-refractivity contribution >= 4 is 21.5 Å². The number of fused-ring (bicyclic) bond motifs is 1. The maximum Gasteiger partial charge on any atom is 0.163 e. The summed E-state index contributed by atoms with van der Waals surface area (Å²) in [7, 11) is -3.10. The molecule has 0 unspecified atom stereocenters. The molecule has 0 saturated carbocycles. The lowest BCUT2D eigenvalue weighted by Gasteiger charge is -2.14. The highest BCUT2D eigenvalue weighted by molar-refractivity contribution is 7.92. The summed E-state index contributed by atoms with van der Waals surface area (Å²) in [5, 5.41) is 9.04. The summed E-state index contributed by atoms with van der Waals surface area (Å²) in [5.74, 6) is 0.385. The van der Waals surface area contributed by atoms with Crippen LogP contribution in [-0.2, 0) is 14.6 Å². The van der Waals surface area contributed by atoms with Crippen molar-refractivity contribution in [2.24, 2.45) is 0 Å². The molecule has 0 bridgehead atoms. The summed E-state index contributed by atoms with van der Waals surface area (Å²) in [5.41, 5.74) is 4.81. The first kappa shape index (κ1) is 18.9. The van der Waals surface area contributed by atoms with Gasteiger partial charge in [0.2, 0.25) is 0 Å². The number of sulfone groups is 1. The summed E-state index contributed by atoms with van der Waals surface area (Å²) in [6, 6.07) is 12.8. The normalized spacial score (nSPS) is 23.8. The van der Waals surface area contributed by atoms with Gasteiger partial charge in [0.15, 0.2) is 9.84 Å².